The highest BCUT2D eigenvalue weighted by Crippen LogP contribution is 2.47. The number of rotatable bonds is 6. The molecule has 5 heteroatoms. The molecule has 0 fully saturated rings. The van der Waals surface area contributed by atoms with Crippen LogP contribution >= 0.6 is 0 Å². The number of benzene rings is 5. The molecule has 7 rings (SSSR count). The van der Waals surface area contributed by atoms with Gasteiger partial charge in [0.2, 0.25) is 0 Å². The molecule has 0 spiro atoms. The van der Waals surface area contributed by atoms with Crippen molar-refractivity contribution in [2.45, 2.75) is 13.2 Å². The molecular formula is C34H29N5. The molecule has 5 nitrogen and oxygen atoms in total. The van der Waals surface area contributed by atoms with Crippen molar-refractivity contribution in [3.63, 3.8) is 0 Å². The van der Waals surface area contributed by atoms with Gasteiger partial charge in [0.1, 0.15) is 5.82 Å². The summed E-state index contributed by atoms with van der Waals surface area (Å²) < 4.78 is 4.39. The molecular weight excluding hydrogens is 478 g/mol. The summed E-state index contributed by atoms with van der Waals surface area (Å²) in [6.45, 7) is 1.03. The van der Waals surface area contributed by atoms with Gasteiger partial charge in [-0.1, -0.05) is 91.0 Å². The third-order valence-corrected chi connectivity index (χ3v) is 7.59. The van der Waals surface area contributed by atoms with E-state index < -0.39 is 0 Å². The van der Waals surface area contributed by atoms with E-state index in [9.17, 15) is 0 Å². The molecule has 190 valence electrons. The van der Waals surface area contributed by atoms with Gasteiger partial charge in [0.25, 0.3) is 0 Å². The predicted molar refractivity (Wildman–Crippen MR) is 164 cm³/mol. The van der Waals surface area contributed by atoms with Crippen molar-refractivity contribution in [3.8, 4) is 5.69 Å². The molecule has 0 radical (unpaired) electrons. The average Bonchev–Trinajstić information content (AvgIpc) is 3.48. The minimum atomic E-state index is 0.364. The summed E-state index contributed by atoms with van der Waals surface area (Å²) in [6, 6.07) is 44.2. The molecule has 0 atom stereocenters. The summed E-state index contributed by atoms with van der Waals surface area (Å²) in [5, 5.41) is 3.45. The number of hydrogen-bond acceptors (Lipinski definition) is 3. The van der Waals surface area contributed by atoms with Crippen molar-refractivity contribution in [2.24, 2.45) is 5.73 Å². The SMILES string of the molecule is NCn1c2ccccc2c2ccc3c(c(N(Cc4ccccc4)c4ccccc4)c(N)n3-c3ccccc3)c21. The minimum Gasteiger partial charge on any atom is -0.383 e. The van der Waals surface area contributed by atoms with E-state index in [1.54, 1.807) is 0 Å². The molecule has 0 saturated carbocycles. The van der Waals surface area contributed by atoms with E-state index in [1.807, 2.05) is 12.1 Å². The number of para-hydroxylation sites is 3. The summed E-state index contributed by atoms with van der Waals surface area (Å²) in [5.74, 6) is 0.692. The zero-order chi connectivity index (χ0) is 26.3. The Morgan fingerprint density at radius 2 is 1.26 bits per heavy atom. The zero-order valence-corrected chi connectivity index (χ0v) is 21.5. The van der Waals surface area contributed by atoms with Crippen molar-refractivity contribution in [1.29, 1.82) is 0 Å². The summed E-state index contributed by atoms with van der Waals surface area (Å²) >= 11 is 0. The Morgan fingerprint density at radius 1 is 0.615 bits per heavy atom. The second-order valence-electron chi connectivity index (χ2n) is 9.80. The molecule has 0 bridgehead atoms. The number of anilines is 3. The van der Waals surface area contributed by atoms with Crippen LogP contribution < -0.4 is 16.4 Å². The van der Waals surface area contributed by atoms with Crippen LogP contribution in [0, 0.1) is 0 Å². The molecule has 5 aromatic carbocycles. The van der Waals surface area contributed by atoms with Crippen LogP contribution in [0.4, 0.5) is 17.2 Å². The van der Waals surface area contributed by atoms with E-state index in [0.717, 1.165) is 39.0 Å². The van der Waals surface area contributed by atoms with Crippen molar-refractivity contribution in [1.82, 2.24) is 9.13 Å². The third kappa shape index (κ3) is 3.67. The molecule has 0 aliphatic heterocycles. The predicted octanol–water partition coefficient (Wildman–Crippen LogP) is 7.58. The third-order valence-electron chi connectivity index (χ3n) is 7.59. The van der Waals surface area contributed by atoms with Gasteiger partial charge in [-0.3, -0.25) is 4.57 Å². The Morgan fingerprint density at radius 3 is 1.97 bits per heavy atom. The maximum absolute atomic E-state index is 7.20. The fourth-order valence-corrected chi connectivity index (χ4v) is 5.91. The number of nitrogen functional groups attached to an aromatic ring is 1. The fourth-order valence-electron chi connectivity index (χ4n) is 5.91. The highest BCUT2D eigenvalue weighted by atomic mass is 15.2. The lowest BCUT2D eigenvalue weighted by Crippen LogP contribution is -2.18. The van der Waals surface area contributed by atoms with Gasteiger partial charge in [-0.2, -0.15) is 0 Å². The van der Waals surface area contributed by atoms with Crippen LogP contribution in [0.15, 0.2) is 127 Å². The molecule has 0 amide bonds. The first kappa shape index (κ1) is 23.1. The monoisotopic (exact) mass is 507 g/mol. The smallest absolute Gasteiger partial charge is 0.133 e. The number of fused-ring (bicyclic) bond motifs is 5. The lowest BCUT2D eigenvalue weighted by atomic mass is 10.1. The lowest BCUT2D eigenvalue weighted by molar-refractivity contribution is 0.792. The van der Waals surface area contributed by atoms with Crippen LogP contribution in [-0.4, -0.2) is 9.13 Å². The summed E-state index contributed by atoms with van der Waals surface area (Å²) in [6.07, 6.45) is 0. The van der Waals surface area contributed by atoms with Gasteiger partial charge in [0.05, 0.1) is 34.3 Å². The molecule has 0 aliphatic carbocycles. The molecule has 2 aromatic heterocycles. The number of nitrogens with two attached hydrogens (primary N) is 2. The lowest BCUT2D eigenvalue weighted by Gasteiger charge is -2.26. The Kier molecular flexibility index (Phi) is 5.57. The fraction of sp³-hybridized carbons (Fsp3) is 0.0588. The summed E-state index contributed by atoms with van der Waals surface area (Å²) in [4.78, 5) is 2.34. The van der Waals surface area contributed by atoms with Gasteiger partial charge in [-0.25, -0.2) is 0 Å². The number of aromatic nitrogens is 2. The van der Waals surface area contributed by atoms with E-state index in [-0.39, 0.29) is 0 Å². The van der Waals surface area contributed by atoms with E-state index >= 15 is 0 Å². The number of nitrogens with zero attached hydrogens (tertiary/aromatic N) is 3. The van der Waals surface area contributed by atoms with E-state index in [0.29, 0.717) is 19.0 Å². The van der Waals surface area contributed by atoms with Gasteiger partial charge < -0.3 is 20.9 Å². The van der Waals surface area contributed by atoms with Crippen LogP contribution in [0.2, 0.25) is 0 Å². The normalized spacial score (nSPS) is 11.5. The zero-order valence-electron chi connectivity index (χ0n) is 21.5. The highest BCUT2D eigenvalue weighted by molar-refractivity contribution is 6.23. The first-order valence-electron chi connectivity index (χ1n) is 13.2. The second-order valence-corrected chi connectivity index (χ2v) is 9.80. The Labute approximate surface area is 227 Å². The maximum atomic E-state index is 7.20. The molecule has 0 unspecified atom stereocenters. The van der Waals surface area contributed by atoms with Gasteiger partial charge in [-0.05, 0) is 42.0 Å². The highest BCUT2D eigenvalue weighted by Gasteiger charge is 2.26. The van der Waals surface area contributed by atoms with E-state index in [4.69, 9.17) is 11.5 Å². The van der Waals surface area contributed by atoms with E-state index in [2.05, 4.69) is 129 Å². The maximum Gasteiger partial charge on any atom is 0.133 e. The molecule has 0 aliphatic rings. The quantitative estimate of drug-likeness (QED) is 0.244. The average molecular weight is 508 g/mol. The molecule has 4 N–H and O–H groups in total. The van der Waals surface area contributed by atoms with Crippen LogP contribution in [-0.2, 0) is 13.2 Å². The second kappa shape index (κ2) is 9.39. The van der Waals surface area contributed by atoms with Crippen LogP contribution in [0.5, 0.6) is 0 Å². The van der Waals surface area contributed by atoms with Crippen molar-refractivity contribution >= 4 is 49.9 Å². The Hall–Kier alpha value is -5.00. The first-order valence-corrected chi connectivity index (χ1v) is 13.2. The standard InChI is InChI=1S/C34H29N5/c35-23-38-29-19-11-10-18-27(29)28-20-21-30-31(32(28)38)33(34(36)39(30)26-16-8-3-9-17-26)37(25-14-6-2-7-15-25)22-24-12-4-1-5-13-24/h1-21H,22-23,35-36H2. The largest absolute Gasteiger partial charge is 0.383 e. The van der Waals surface area contributed by atoms with Crippen molar-refractivity contribution < 1.29 is 0 Å². The molecule has 7 aromatic rings. The molecule has 0 saturated heterocycles. The van der Waals surface area contributed by atoms with Gasteiger partial charge in [0, 0.05) is 28.7 Å². The molecule has 2 heterocycles. The van der Waals surface area contributed by atoms with Crippen molar-refractivity contribution in [2.75, 3.05) is 10.6 Å². The van der Waals surface area contributed by atoms with Crippen LogP contribution in [0.25, 0.3) is 38.4 Å². The summed E-state index contributed by atoms with van der Waals surface area (Å²) in [7, 11) is 0. The molecule has 39 heavy (non-hydrogen) atoms. The van der Waals surface area contributed by atoms with Crippen molar-refractivity contribution in [3.05, 3.63) is 133 Å². The number of hydrogen-bond donors (Lipinski definition) is 2. The Bertz CT molecular complexity index is 1920. The van der Waals surface area contributed by atoms with Gasteiger partial charge in [-0.15, -0.1) is 0 Å². The Balaban J connectivity index is 1.64. The summed E-state index contributed by atoms with van der Waals surface area (Å²) in [5.41, 5.74) is 21.2. The first-order chi connectivity index (χ1) is 19.3. The van der Waals surface area contributed by atoms with Gasteiger partial charge >= 0.3 is 0 Å². The minimum absolute atomic E-state index is 0.364. The van der Waals surface area contributed by atoms with Gasteiger partial charge in [0.15, 0.2) is 0 Å². The van der Waals surface area contributed by atoms with E-state index in [1.165, 1.54) is 16.3 Å². The van der Waals surface area contributed by atoms with Crippen LogP contribution in [0.3, 0.4) is 0 Å². The topological polar surface area (TPSA) is 65.1 Å². The van der Waals surface area contributed by atoms with Crippen LogP contribution in [0.1, 0.15) is 5.56 Å².